The van der Waals surface area contributed by atoms with Gasteiger partial charge in [0.15, 0.2) is 0 Å². The van der Waals surface area contributed by atoms with E-state index in [0.29, 0.717) is 6.54 Å². The predicted molar refractivity (Wildman–Crippen MR) is 72.0 cm³/mol. The first-order chi connectivity index (χ1) is 7.40. The van der Waals surface area contributed by atoms with E-state index >= 15 is 0 Å². The molecule has 0 aliphatic carbocycles. The van der Waals surface area contributed by atoms with E-state index in [4.69, 9.17) is 4.74 Å². The number of ether oxygens (including phenoxy) is 1. The zero-order valence-electron chi connectivity index (χ0n) is 12.7. The molecule has 0 aromatic carbocycles. The molecule has 1 N–H and O–H groups in total. The molecule has 0 bridgehead atoms. The van der Waals surface area contributed by atoms with Gasteiger partial charge in [-0.1, -0.05) is 20.8 Å². The summed E-state index contributed by atoms with van der Waals surface area (Å²) in [7, 11) is 1.43. The lowest BCUT2D eigenvalue weighted by atomic mass is 9.81. The Morgan fingerprint density at radius 2 is 1.53 bits per heavy atom. The van der Waals surface area contributed by atoms with Gasteiger partial charge in [0.2, 0.25) is 0 Å². The highest BCUT2D eigenvalue weighted by molar-refractivity contribution is 5.76. The van der Waals surface area contributed by atoms with Crippen LogP contribution in [0.4, 0.5) is 0 Å². The molecule has 3 nitrogen and oxygen atoms in total. The molecule has 17 heavy (non-hydrogen) atoms. The average Bonchev–Trinajstić information content (AvgIpc) is 2.10. The van der Waals surface area contributed by atoms with Gasteiger partial charge in [-0.3, -0.25) is 4.79 Å². The molecule has 102 valence electrons. The molecule has 0 unspecified atom stereocenters. The first-order valence-electron chi connectivity index (χ1n) is 6.23. The summed E-state index contributed by atoms with van der Waals surface area (Å²) in [4.78, 5) is 11.6. The van der Waals surface area contributed by atoms with Gasteiger partial charge in [0.1, 0.15) is 0 Å². The van der Waals surface area contributed by atoms with Crippen LogP contribution in [0, 0.1) is 10.8 Å². The van der Waals surface area contributed by atoms with Gasteiger partial charge in [0, 0.05) is 12.1 Å². The van der Waals surface area contributed by atoms with Crippen molar-refractivity contribution in [3.63, 3.8) is 0 Å². The molecule has 0 aliphatic heterocycles. The van der Waals surface area contributed by atoms with E-state index < -0.39 is 5.41 Å². The molecule has 0 saturated heterocycles. The van der Waals surface area contributed by atoms with Gasteiger partial charge >= 0.3 is 5.97 Å². The molecule has 0 aromatic rings. The summed E-state index contributed by atoms with van der Waals surface area (Å²) in [6.07, 6.45) is 1.05. The Labute approximate surface area is 106 Å². The molecule has 0 heterocycles. The molecule has 0 aliphatic rings. The van der Waals surface area contributed by atoms with E-state index in [2.05, 4.69) is 39.9 Å². The Bertz CT molecular complexity index is 262. The number of methoxy groups -OCH3 is 1. The molecular formula is C14H29NO2. The Morgan fingerprint density at radius 3 is 1.88 bits per heavy atom. The Kier molecular flexibility index (Phi) is 5.20. The Morgan fingerprint density at radius 1 is 1.06 bits per heavy atom. The molecule has 0 atom stereocenters. The highest BCUT2D eigenvalue weighted by Gasteiger charge is 2.32. The summed E-state index contributed by atoms with van der Waals surface area (Å²) in [5.74, 6) is -0.170. The topological polar surface area (TPSA) is 38.3 Å². The second kappa shape index (κ2) is 5.38. The number of rotatable bonds is 5. The predicted octanol–water partition coefficient (Wildman–Crippen LogP) is 2.99. The monoisotopic (exact) mass is 243 g/mol. The molecule has 0 aromatic heterocycles. The molecule has 0 amide bonds. The highest BCUT2D eigenvalue weighted by atomic mass is 16.5. The zero-order chi connectivity index (χ0) is 13.9. The second-order valence-corrected chi connectivity index (χ2v) is 7.35. The number of carbonyl (C=O) groups is 1. The van der Waals surface area contributed by atoms with Crippen LogP contribution in [0.2, 0.25) is 0 Å². The van der Waals surface area contributed by atoms with Crippen LogP contribution in [-0.2, 0) is 9.53 Å². The van der Waals surface area contributed by atoms with Crippen LogP contribution in [0.25, 0.3) is 0 Å². The third-order valence-electron chi connectivity index (χ3n) is 2.72. The lowest BCUT2D eigenvalue weighted by Gasteiger charge is -2.36. The van der Waals surface area contributed by atoms with Crippen LogP contribution >= 0.6 is 0 Å². The first-order valence-corrected chi connectivity index (χ1v) is 6.23. The van der Waals surface area contributed by atoms with E-state index in [1.807, 2.05) is 13.8 Å². The number of esters is 1. The molecule has 0 saturated carbocycles. The maximum Gasteiger partial charge on any atom is 0.312 e. The number of hydrogen-bond donors (Lipinski definition) is 1. The fourth-order valence-electron chi connectivity index (χ4n) is 2.20. The van der Waals surface area contributed by atoms with Crippen LogP contribution in [0.5, 0.6) is 0 Å². The summed E-state index contributed by atoms with van der Waals surface area (Å²) >= 11 is 0. The Hall–Kier alpha value is -0.570. The second-order valence-electron chi connectivity index (χ2n) is 7.35. The van der Waals surface area contributed by atoms with Crippen LogP contribution in [0.15, 0.2) is 0 Å². The molecule has 0 spiro atoms. The Balaban J connectivity index is 4.41. The number of carbonyl (C=O) groups excluding carboxylic acids is 1. The van der Waals surface area contributed by atoms with E-state index in [0.717, 1.165) is 6.42 Å². The summed E-state index contributed by atoms with van der Waals surface area (Å²) in [5.41, 5.74) is -0.195. The number of hydrogen-bond acceptors (Lipinski definition) is 3. The van der Waals surface area contributed by atoms with Crippen LogP contribution < -0.4 is 5.32 Å². The third kappa shape index (κ3) is 6.67. The van der Waals surface area contributed by atoms with Crippen LogP contribution in [-0.4, -0.2) is 25.2 Å². The SMILES string of the molecule is COC(=O)C(C)(C)CNC(C)(C)CC(C)(C)C. The van der Waals surface area contributed by atoms with Crippen molar-refractivity contribution in [2.24, 2.45) is 10.8 Å². The molecule has 0 fully saturated rings. The van der Waals surface area contributed by atoms with Gasteiger partial charge in [-0.15, -0.1) is 0 Å². The fourth-order valence-corrected chi connectivity index (χ4v) is 2.20. The van der Waals surface area contributed by atoms with Gasteiger partial charge in [-0.2, -0.15) is 0 Å². The normalized spacial score (nSPS) is 13.6. The summed E-state index contributed by atoms with van der Waals surface area (Å²) in [6, 6.07) is 0. The lowest BCUT2D eigenvalue weighted by molar-refractivity contribution is -0.150. The van der Waals surface area contributed by atoms with Crippen molar-refractivity contribution in [2.75, 3.05) is 13.7 Å². The minimum Gasteiger partial charge on any atom is -0.469 e. The van der Waals surface area contributed by atoms with E-state index in [-0.39, 0.29) is 16.9 Å². The van der Waals surface area contributed by atoms with Crippen molar-refractivity contribution in [3.8, 4) is 0 Å². The van der Waals surface area contributed by atoms with E-state index in [1.54, 1.807) is 0 Å². The van der Waals surface area contributed by atoms with Crippen molar-refractivity contribution in [1.82, 2.24) is 5.32 Å². The van der Waals surface area contributed by atoms with Crippen molar-refractivity contribution in [1.29, 1.82) is 0 Å². The van der Waals surface area contributed by atoms with Crippen molar-refractivity contribution < 1.29 is 9.53 Å². The van der Waals surface area contributed by atoms with Crippen molar-refractivity contribution in [2.45, 2.75) is 60.4 Å². The molecule has 0 radical (unpaired) electrons. The van der Waals surface area contributed by atoms with Gasteiger partial charge < -0.3 is 10.1 Å². The highest BCUT2D eigenvalue weighted by Crippen LogP contribution is 2.27. The maximum atomic E-state index is 11.6. The van der Waals surface area contributed by atoms with Crippen molar-refractivity contribution >= 4 is 5.97 Å². The van der Waals surface area contributed by atoms with Gasteiger partial charge in [0.25, 0.3) is 0 Å². The van der Waals surface area contributed by atoms with E-state index in [9.17, 15) is 4.79 Å². The summed E-state index contributed by atoms with van der Waals surface area (Å²) < 4.78 is 4.80. The lowest BCUT2D eigenvalue weighted by Crippen LogP contribution is -2.48. The molecular weight excluding hydrogens is 214 g/mol. The molecule has 0 rings (SSSR count). The van der Waals surface area contributed by atoms with Gasteiger partial charge in [-0.05, 0) is 39.5 Å². The first kappa shape index (κ1) is 16.4. The van der Waals surface area contributed by atoms with Gasteiger partial charge in [0.05, 0.1) is 12.5 Å². The van der Waals surface area contributed by atoms with E-state index in [1.165, 1.54) is 7.11 Å². The quantitative estimate of drug-likeness (QED) is 0.754. The van der Waals surface area contributed by atoms with Crippen LogP contribution in [0.1, 0.15) is 54.9 Å². The van der Waals surface area contributed by atoms with Crippen LogP contribution in [0.3, 0.4) is 0 Å². The summed E-state index contributed by atoms with van der Waals surface area (Å²) in [5, 5.41) is 3.47. The minimum absolute atomic E-state index is 0.0174. The third-order valence-corrected chi connectivity index (χ3v) is 2.72. The van der Waals surface area contributed by atoms with Gasteiger partial charge in [-0.25, -0.2) is 0 Å². The largest absolute Gasteiger partial charge is 0.469 e. The smallest absolute Gasteiger partial charge is 0.312 e. The molecule has 3 heteroatoms. The number of nitrogens with one attached hydrogen (secondary N) is 1. The minimum atomic E-state index is -0.482. The zero-order valence-corrected chi connectivity index (χ0v) is 12.7. The maximum absolute atomic E-state index is 11.6. The average molecular weight is 243 g/mol. The standard InChI is InChI=1S/C14H29NO2/c1-12(2,3)9-14(6,7)15-10-13(4,5)11(16)17-8/h15H,9-10H2,1-8H3. The fraction of sp³-hybridized carbons (Fsp3) is 0.929. The van der Waals surface area contributed by atoms with Crippen molar-refractivity contribution in [3.05, 3.63) is 0 Å². The summed E-state index contributed by atoms with van der Waals surface area (Å²) in [6.45, 7) is 15.4.